The highest BCUT2D eigenvalue weighted by atomic mass is 16.2. The minimum absolute atomic E-state index is 0.131. The molecule has 1 saturated carbocycles. The van der Waals surface area contributed by atoms with Gasteiger partial charge in [-0.15, -0.1) is 0 Å². The van der Waals surface area contributed by atoms with Gasteiger partial charge in [0.25, 0.3) is 17.7 Å². The first kappa shape index (κ1) is 20.4. The number of para-hydroxylation sites is 1. The van der Waals surface area contributed by atoms with Crippen LogP contribution in [0.2, 0.25) is 0 Å². The summed E-state index contributed by atoms with van der Waals surface area (Å²) < 4.78 is 0. The molecule has 6 rings (SSSR count). The molecule has 8 heteroatoms. The molecule has 0 bridgehead atoms. The number of likely N-dealkylation sites (tertiary alicyclic amines) is 1. The maximum Gasteiger partial charge on any atom is 0.268 e. The maximum absolute atomic E-state index is 14.3. The van der Waals surface area contributed by atoms with Crippen LogP contribution in [0.3, 0.4) is 0 Å². The Labute approximate surface area is 192 Å². The van der Waals surface area contributed by atoms with Crippen molar-refractivity contribution in [2.24, 2.45) is 11.6 Å². The minimum Gasteiger partial charge on any atom is -0.340 e. The molecular weight excluding hydrogens is 418 g/mol. The number of rotatable bonds is 3. The number of amides is 3. The van der Waals surface area contributed by atoms with E-state index in [9.17, 15) is 14.4 Å². The summed E-state index contributed by atoms with van der Waals surface area (Å²) in [6, 6.07) is 15.9. The molecule has 4 N–H and O–H groups in total. The van der Waals surface area contributed by atoms with E-state index in [1.54, 1.807) is 4.90 Å². The van der Waals surface area contributed by atoms with Crippen LogP contribution in [0.5, 0.6) is 0 Å². The summed E-state index contributed by atoms with van der Waals surface area (Å²) in [4.78, 5) is 45.0. The molecular formula is C25H27N5O3. The predicted octanol–water partition coefficient (Wildman–Crippen LogP) is 1.39. The van der Waals surface area contributed by atoms with E-state index in [4.69, 9.17) is 11.6 Å². The second-order valence-electron chi connectivity index (χ2n) is 9.58. The molecule has 1 spiro atoms. The molecule has 3 atom stereocenters. The van der Waals surface area contributed by atoms with Crippen molar-refractivity contribution in [1.29, 1.82) is 0 Å². The van der Waals surface area contributed by atoms with Crippen LogP contribution in [0.15, 0.2) is 54.6 Å². The summed E-state index contributed by atoms with van der Waals surface area (Å²) in [5.74, 6) is 4.52. The Bertz CT molecular complexity index is 1160. The average Bonchev–Trinajstić information content (AvgIpc) is 3.29. The lowest BCUT2D eigenvalue weighted by Gasteiger charge is -2.39. The zero-order valence-electron chi connectivity index (χ0n) is 18.3. The molecule has 4 aliphatic rings. The van der Waals surface area contributed by atoms with Crippen LogP contribution in [0.1, 0.15) is 43.2 Å². The Kier molecular flexibility index (Phi) is 4.25. The maximum atomic E-state index is 14.3. The van der Waals surface area contributed by atoms with Crippen molar-refractivity contribution >= 4 is 23.4 Å². The second-order valence-corrected chi connectivity index (χ2v) is 9.58. The Morgan fingerprint density at radius 1 is 0.879 bits per heavy atom. The van der Waals surface area contributed by atoms with E-state index >= 15 is 0 Å². The summed E-state index contributed by atoms with van der Waals surface area (Å²) >= 11 is 0. The third-order valence-corrected chi connectivity index (χ3v) is 8.07. The Balaban J connectivity index is 1.60. The van der Waals surface area contributed by atoms with Gasteiger partial charge in [0.15, 0.2) is 11.1 Å². The number of carbonyl (C=O) groups is 3. The smallest absolute Gasteiger partial charge is 0.268 e. The van der Waals surface area contributed by atoms with Gasteiger partial charge in [-0.3, -0.25) is 20.1 Å². The van der Waals surface area contributed by atoms with Crippen molar-refractivity contribution in [2.45, 2.75) is 61.8 Å². The molecule has 3 amide bonds. The van der Waals surface area contributed by atoms with Crippen LogP contribution in [-0.4, -0.2) is 45.4 Å². The summed E-state index contributed by atoms with van der Waals surface area (Å²) in [7, 11) is 0. The van der Waals surface area contributed by atoms with Gasteiger partial charge in [-0.25, -0.2) is 10.9 Å². The topological polar surface area (TPSA) is 113 Å². The van der Waals surface area contributed by atoms with Crippen molar-refractivity contribution in [2.75, 3.05) is 4.90 Å². The molecule has 1 aliphatic carbocycles. The Morgan fingerprint density at radius 3 is 2.27 bits per heavy atom. The van der Waals surface area contributed by atoms with Crippen molar-refractivity contribution in [3.05, 3.63) is 65.7 Å². The highest BCUT2D eigenvalue weighted by Crippen LogP contribution is 2.61. The van der Waals surface area contributed by atoms with Crippen LogP contribution < -0.4 is 16.5 Å². The highest BCUT2D eigenvalue weighted by Gasteiger charge is 2.84. The summed E-state index contributed by atoms with van der Waals surface area (Å²) in [6.07, 6.45) is 4.64. The van der Waals surface area contributed by atoms with Gasteiger partial charge in [-0.05, 0) is 30.0 Å². The van der Waals surface area contributed by atoms with Gasteiger partial charge in [-0.2, -0.15) is 0 Å². The van der Waals surface area contributed by atoms with E-state index in [0.29, 0.717) is 22.8 Å². The molecule has 2 aromatic carbocycles. The Morgan fingerprint density at radius 2 is 1.55 bits per heavy atom. The van der Waals surface area contributed by atoms with E-state index in [1.807, 2.05) is 59.5 Å². The van der Waals surface area contributed by atoms with Crippen molar-refractivity contribution in [1.82, 2.24) is 9.91 Å². The molecule has 2 saturated heterocycles. The number of nitrogens with zero attached hydrogens (tertiary/aromatic N) is 3. The summed E-state index contributed by atoms with van der Waals surface area (Å²) in [6.45, 7) is 0.332. The fourth-order valence-electron chi connectivity index (χ4n) is 6.65. The van der Waals surface area contributed by atoms with Crippen LogP contribution >= 0.6 is 0 Å². The lowest BCUT2D eigenvalue weighted by atomic mass is 9.71. The molecule has 33 heavy (non-hydrogen) atoms. The number of imide groups is 1. The zero-order chi connectivity index (χ0) is 23.0. The van der Waals surface area contributed by atoms with E-state index in [1.165, 1.54) is 0 Å². The fraction of sp³-hybridized carbons (Fsp3) is 0.400. The van der Waals surface area contributed by atoms with Gasteiger partial charge in [0.05, 0.1) is 0 Å². The number of hydrogen-bond acceptors (Lipinski definition) is 6. The molecule has 170 valence electrons. The largest absolute Gasteiger partial charge is 0.340 e. The molecule has 3 aliphatic heterocycles. The number of fused-ring (bicyclic) bond motifs is 1. The van der Waals surface area contributed by atoms with Crippen molar-refractivity contribution < 1.29 is 14.4 Å². The van der Waals surface area contributed by atoms with Crippen LogP contribution in [0, 0.1) is 0 Å². The monoisotopic (exact) mass is 445 g/mol. The molecule has 0 aromatic heterocycles. The molecule has 3 heterocycles. The number of carbonyl (C=O) groups excluding carboxylic acids is 3. The van der Waals surface area contributed by atoms with Crippen molar-refractivity contribution in [3.63, 3.8) is 0 Å². The third-order valence-electron chi connectivity index (χ3n) is 8.07. The van der Waals surface area contributed by atoms with E-state index in [2.05, 4.69) is 0 Å². The first-order chi connectivity index (χ1) is 15.9. The zero-order valence-corrected chi connectivity index (χ0v) is 18.3. The third kappa shape index (κ3) is 2.30. The van der Waals surface area contributed by atoms with Gasteiger partial charge >= 0.3 is 0 Å². The molecule has 3 fully saturated rings. The standard InChI is InChI=1S/C25H27N5O3/c26-25-23(33)29(17-11-5-2-6-12-17)20-21(31)30(27)22(32)24(20,25)18-13-7-8-14-19(18)28(25)15-16-9-3-1-4-10-16/h1,3-4,7-10,13-14,17,20H,2,5-6,11-12,15,26-27H2. The van der Waals surface area contributed by atoms with Gasteiger partial charge in [-0.1, -0.05) is 67.8 Å². The van der Waals surface area contributed by atoms with Crippen LogP contribution in [0.4, 0.5) is 5.69 Å². The highest BCUT2D eigenvalue weighted by molar-refractivity contribution is 6.22. The summed E-state index contributed by atoms with van der Waals surface area (Å²) in [5.41, 5.74) is 6.06. The number of hydrazine groups is 1. The molecule has 0 radical (unpaired) electrons. The number of anilines is 1. The first-order valence-corrected chi connectivity index (χ1v) is 11.6. The minimum atomic E-state index is -1.74. The molecule has 3 unspecified atom stereocenters. The van der Waals surface area contributed by atoms with E-state index < -0.39 is 28.9 Å². The SMILES string of the molecule is NN1C(=O)C2N(C3CCCCC3)C(=O)C3(N)N(Cc4ccccc4)c4ccccc4C23C1=O. The molecule has 2 aromatic rings. The quantitative estimate of drug-likeness (QED) is 0.419. The number of hydrogen-bond donors (Lipinski definition) is 2. The second kappa shape index (κ2) is 6.88. The van der Waals surface area contributed by atoms with E-state index in [-0.39, 0.29) is 11.9 Å². The first-order valence-electron chi connectivity index (χ1n) is 11.6. The van der Waals surface area contributed by atoms with Crippen LogP contribution in [-0.2, 0) is 26.3 Å². The normalized spacial score (nSPS) is 31.3. The van der Waals surface area contributed by atoms with Gasteiger partial charge in [0, 0.05) is 18.3 Å². The lowest BCUT2D eigenvalue weighted by Crippen LogP contribution is -2.70. The van der Waals surface area contributed by atoms with Gasteiger partial charge in [0.2, 0.25) is 0 Å². The lowest BCUT2D eigenvalue weighted by molar-refractivity contribution is -0.148. The van der Waals surface area contributed by atoms with E-state index in [0.717, 1.165) is 37.7 Å². The number of nitrogens with two attached hydrogens (primary N) is 2. The van der Waals surface area contributed by atoms with Gasteiger partial charge in [0.1, 0.15) is 6.04 Å². The number of benzene rings is 2. The van der Waals surface area contributed by atoms with Gasteiger partial charge < -0.3 is 9.80 Å². The average molecular weight is 446 g/mol. The predicted molar refractivity (Wildman–Crippen MR) is 121 cm³/mol. The molecule has 8 nitrogen and oxygen atoms in total. The fourth-order valence-corrected chi connectivity index (χ4v) is 6.65. The Hall–Kier alpha value is -3.23. The van der Waals surface area contributed by atoms with Crippen LogP contribution in [0.25, 0.3) is 0 Å². The summed E-state index contributed by atoms with van der Waals surface area (Å²) in [5, 5.41) is 0.692. The van der Waals surface area contributed by atoms with Crippen molar-refractivity contribution in [3.8, 4) is 0 Å².